The van der Waals surface area contributed by atoms with Crippen molar-refractivity contribution in [3.8, 4) is 0 Å². The molecule has 0 radical (unpaired) electrons. The van der Waals surface area contributed by atoms with Crippen LogP contribution in [0.4, 0.5) is 0 Å². The lowest BCUT2D eigenvalue weighted by atomic mass is 9.41. The maximum atomic E-state index is 13.3. The van der Waals surface area contributed by atoms with Crippen molar-refractivity contribution in [2.75, 3.05) is 6.61 Å². The number of aliphatic carboxylic acids is 1. The van der Waals surface area contributed by atoms with Gasteiger partial charge in [-0.2, -0.15) is 0 Å². The molecule has 4 rings (SSSR count). The standard InChI is InChI=1S/C20H30O5/c1-17-7-3-8-18(2,16(23)24)13(17)6-9-19-10-12(4-5-14(17)19)20(25,11-21)15(19)22/h12-14,21,25H,3-11H2,1-2H3,(H,23,24)/t12-,13+,14+,17-,18-,19-,20+/m1/s1. The smallest absolute Gasteiger partial charge is 0.309 e. The molecule has 2 bridgehead atoms. The summed E-state index contributed by atoms with van der Waals surface area (Å²) in [6.45, 7) is 3.60. The van der Waals surface area contributed by atoms with Gasteiger partial charge in [0.05, 0.1) is 12.0 Å². The van der Waals surface area contributed by atoms with Gasteiger partial charge in [-0.15, -0.1) is 0 Å². The second-order valence-electron chi connectivity index (χ2n) is 9.77. The first kappa shape index (κ1) is 17.5. The van der Waals surface area contributed by atoms with Gasteiger partial charge in [-0.3, -0.25) is 9.59 Å². The number of aliphatic hydroxyl groups is 2. The van der Waals surface area contributed by atoms with Gasteiger partial charge in [0.25, 0.3) is 0 Å². The van der Waals surface area contributed by atoms with Crippen molar-refractivity contribution in [1.82, 2.24) is 0 Å². The van der Waals surface area contributed by atoms with Crippen molar-refractivity contribution in [2.24, 2.45) is 34.0 Å². The summed E-state index contributed by atoms with van der Waals surface area (Å²) in [5.41, 5.74) is -3.03. The topological polar surface area (TPSA) is 94.8 Å². The molecular weight excluding hydrogens is 320 g/mol. The van der Waals surface area contributed by atoms with Gasteiger partial charge in [0, 0.05) is 5.41 Å². The SMILES string of the molecule is C[C@@]12CCC[C@@](C)(C(=O)O)[C@H]1CC[C@@]13C[C@@H](CC[C@H]12)[C@@](O)(CO)C3=O. The summed E-state index contributed by atoms with van der Waals surface area (Å²) in [4.78, 5) is 25.3. The van der Waals surface area contributed by atoms with Gasteiger partial charge in [0.2, 0.25) is 0 Å². The molecule has 4 aliphatic rings. The molecule has 0 amide bonds. The van der Waals surface area contributed by atoms with Gasteiger partial charge in [0.15, 0.2) is 5.78 Å². The lowest BCUT2D eigenvalue weighted by molar-refractivity contribution is -0.183. The molecule has 25 heavy (non-hydrogen) atoms. The molecule has 0 aromatic heterocycles. The van der Waals surface area contributed by atoms with E-state index in [1.165, 1.54) is 0 Å². The van der Waals surface area contributed by atoms with Crippen LogP contribution in [0.25, 0.3) is 0 Å². The average Bonchev–Trinajstić information content (AvgIpc) is 2.73. The number of carbonyl (C=O) groups is 2. The fourth-order valence-electron chi connectivity index (χ4n) is 7.79. The molecule has 5 heteroatoms. The highest BCUT2D eigenvalue weighted by Crippen LogP contribution is 2.71. The number of Topliss-reactive ketones (excluding diaryl/α,β-unsaturated/α-hetero) is 1. The summed E-state index contributed by atoms with van der Waals surface area (Å²) in [5, 5.41) is 30.5. The van der Waals surface area contributed by atoms with Crippen LogP contribution in [0.2, 0.25) is 0 Å². The number of carboxylic acids is 1. The summed E-state index contributed by atoms with van der Waals surface area (Å²) in [5.74, 6) is -0.804. The molecule has 5 nitrogen and oxygen atoms in total. The van der Waals surface area contributed by atoms with E-state index in [-0.39, 0.29) is 29.0 Å². The lowest BCUT2D eigenvalue weighted by Crippen LogP contribution is -2.60. The molecule has 4 saturated carbocycles. The van der Waals surface area contributed by atoms with Crippen LogP contribution in [-0.4, -0.2) is 39.3 Å². The Bertz CT molecular complexity index is 632. The average molecular weight is 350 g/mol. The molecule has 4 fully saturated rings. The molecule has 3 N–H and O–H groups in total. The van der Waals surface area contributed by atoms with Crippen LogP contribution in [0, 0.1) is 34.0 Å². The fraction of sp³-hybridized carbons (Fsp3) is 0.900. The Morgan fingerprint density at radius 1 is 1.12 bits per heavy atom. The van der Waals surface area contributed by atoms with E-state index >= 15 is 0 Å². The zero-order valence-corrected chi connectivity index (χ0v) is 15.3. The normalized spacial score (nSPS) is 54.7. The van der Waals surface area contributed by atoms with E-state index in [1.54, 1.807) is 0 Å². The van der Waals surface area contributed by atoms with Crippen LogP contribution in [-0.2, 0) is 9.59 Å². The molecule has 0 heterocycles. The summed E-state index contributed by atoms with van der Waals surface area (Å²) in [6.07, 6.45) is 6.22. The van der Waals surface area contributed by atoms with Gasteiger partial charge in [0.1, 0.15) is 5.60 Å². The molecule has 0 aromatic rings. The molecular formula is C20H30O5. The van der Waals surface area contributed by atoms with Gasteiger partial charge in [-0.1, -0.05) is 13.3 Å². The van der Waals surface area contributed by atoms with Crippen molar-refractivity contribution in [3.05, 3.63) is 0 Å². The Morgan fingerprint density at radius 3 is 2.48 bits per heavy atom. The number of fused-ring (bicyclic) bond motifs is 3. The lowest BCUT2D eigenvalue weighted by Gasteiger charge is -2.62. The second kappa shape index (κ2) is 5.07. The Labute approximate surface area is 148 Å². The third-order valence-electron chi connectivity index (χ3n) is 8.98. The quantitative estimate of drug-likeness (QED) is 0.711. The van der Waals surface area contributed by atoms with Gasteiger partial charge in [-0.05, 0) is 75.0 Å². The van der Waals surface area contributed by atoms with Crippen LogP contribution in [0.15, 0.2) is 0 Å². The minimum Gasteiger partial charge on any atom is -0.481 e. The molecule has 0 unspecified atom stereocenters. The summed E-state index contributed by atoms with van der Waals surface area (Å²) in [7, 11) is 0. The molecule has 7 atom stereocenters. The Kier molecular flexibility index (Phi) is 3.54. The van der Waals surface area contributed by atoms with E-state index in [0.717, 1.165) is 32.1 Å². The van der Waals surface area contributed by atoms with Crippen molar-refractivity contribution in [1.29, 1.82) is 0 Å². The fourth-order valence-corrected chi connectivity index (χ4v) is 7.79. The molecule has 4 aliphatic carbocycles. The zero-order valence-electron chi connectivity index (χ0n) is 15.3. The van der Waals surface area contributed by atoms with Crippen LogP contribution < -0.4 is 0 Å². The minimum atomic E-state index is -1.58. The third-order valence-corrected chi connectivity index (χ3v) is 8.98. The predicted molar refractivity (Wildman–Crippen MR) is 90.7 cm³/mol. The van der Waals surface area contributed by atoms with Gasteiger partial charge >= 0.3 is 5.97 Å². The Balaban J connectivity index is 1.78. The van der Waals surface area contributed by atoms with E-state index in [4.69, 9.17) is 0 Å². The minimum absolute atomic E-state index is 0.0778. The van der Waals surface area contributed by atoms with Crippen LogP contribution in [0.1, 0.15) is 65.2 Å². The molecule has 1 spiro atoms. The van der Waals surface area contributed by atoms with Gasteiger partial charge < -0.3 is 15.3 Å². The number of rotatable bonds is 2. The van der Waals surface area contributed by atoms with E-state index in [2.05, 4.69) is 6.92 Å². The number of carboxylic acid groups (broad SMARTS) is 1. The van der Waals surface area contributed by atoms with Crippen molar-refractivity contribution in [3.63, 3.8) is 0 Å². The number of ketones is 1. The highest BCUT2D eigenvalue weighted by atomic mass is 16.4. The van der Waals surface area contributed by atoms with Crippen molar-refractivity contribution in [2.45, 2.75) is 70.8 Å². The highest BCUT2D eigenvalue weighted by molar-refractivity contribution is 5.96. The predicted octanol–water partition coefficient (Wildman–Crippen LogP) is 2.39. The maximum Gasteiger partial charge on any atom is 0.309 e. The van der Waals surface area contributed by atoms with Crippen LogP contribution in [0.3, 0.4) is 0 Å². The Hall–Kier alpha value is -0.940. The van der Waals surface area contributed by atoms with E-state index in [0.29, 0.717) is 19.3 Å². The van der Waals surface area contributed by atoms with E-state index in [9.17, 15) is 24.9 Å². The monoisotopic (exact) mass is 350 g/mol. The first-order chi connectivity index (χ1) is 11.6. The highest BCUT2D eigenvalue weighted by Gasteiger charge is 2.72. The maximum absolute atomic E-state index is 13.3. The largest absolute Gasteiger partial charge is 0.481 e. The van der Waals surface area contributed by atoms with E-state index < -0.39 is 29.0 Å². The summed E-state index contributed by atoms with van der Waals surface area (Å²) < 4.78 is 0. The summed E-state index contributed by atoms with van der Waals surface area (Å²) in [6, 6.07) is 0. The molecule has 0 aromatic carbocycles. The first-order valence-corrected chi connectivity index (χ1v) is 9.77. The van der Waals surface area contributed by atoms with E-state index in [1.807, 2.05) is 6.92 Å². The molecule has 0 saturated heterocycles. The first-order valence-electron chi connectivity index (χ1n) is 9.77. The van der Waals surface area contributed by atoms with Gasteiger partial charge in [-0.25, -0.2) is 0 Å². The third kappa shape index (κ3) is 1.86. The second-order valence-corrected chi connectivity index (χ2v) is 9.77. The van der Waals surface area contributed by atoms with Crippen molar-refractivity contribution < 1.29 is 24.9 Å². The van der Waals surface area contributed by atoms with Crippen molar-refractivity contribution >= 4 is 11.8 Å². The number of hydrogen-bond donors (Lipinski definition) is 3. The number of aliphatic hydroxyl groups excluding tert-OH is 1. The molecule has 0 aliphatic heterocycles. The summed E-state index contributed by atoms with van der Waals surface area (Å²) >= 11 is 0. The van der Waals surface area contributed by atoms with Crippen LogP contribution in [0.5, 0.6) is 0 Å². The van der Waals surface area contributed by atoms with Crippen LogP contribution >= 0.6 is 0 Å². The number of carbonyl (C=O) groups excluding carboxylic acids is 1. The number of hydrogen-bond acceptors (Lipinski definition) is 4. The molecule has 140 valence electrons. The zero-order chi connectivity index (χ0) is 18.3. The Morgan fingerprint density at radius 2 is 1.84 bits per heavy atom.